The van der Waals surface area contributed by atoms with E-state index < -0.39 is 15.9 Å². The van der Waals surface area contributed by atoms with Crippen LogP contribution in [0.25, 0.3) is 10.8 Å². The highest BCUT2D eigenvalue weighted by Gasteiger charge is 2.19. The maximum Gasteiger partial charge on any atom is 0.269 e. The fraction of sp³-hybridized carbons (Fsp3) is 0.0909. The molecular formula is C11H7Cl3O3S. The normalized spacial score (nSPS) is 12.0. The summed E-state index contributed by atoms with van der Waals surface area (Å²) in [5, 5.41) is 1.52. The number of rotatable bonds is 2. The Labute approximate surface area is 119 Å². The molecule has 2 rings (SSSR count). The van der Waals surface area contributed by atoms with Gasteiger partial charge in [-0.3, -0.25) is 4.55 Å². The van der Waals surface area contributed by atoms with E-state index in [9.17, 15) is 8.42 Å². The van der Waals surface area contributed by atoms with Crippen LogP contribution in [0, 0.1) is 0 Å². The van der Waals surface area contributed by atoms with E-state index in [0.717, 1.165) is 0 Å². The monoisotopic (exact) mass is 324 g/mol. The first-order valence-electron chi connectivity index (χ1n) is 4.80. The molecule has 0 saturated carbocycles. The van der Waals surface area contributed by atoms with E-state index in [0.29, 0.717) is 10.8 Å². The fourth-order valence-corrected chi connectivity index (χ4v) is 3.26. The van der Waals surface area contributed by atoms with Crippen LogP contribution in [-0.2, 0) is 15.9 Å². The van der Waals surface area contributed by atoms with Crippen LogP contribution in [0.1, 0.15) is 5.56 Å². The van der Waals surface area contributed by atoms with Crippen LogP contribution in [0.5, 0.6) is 0 Å². The standard InChI is InChI=1S/C11H7Cl3O3S/c12-9-7-4-2-1-3-6(7)8(5-18(15,16)17)10(13)11(9)14/h1-4H,5H2,(H,15,16,17). The third kappa shape index (κ3) is 2.58. The van der Waals surface area contributed by atoms with Crippen molar-refractivity contribution in [3.63, 3.8) is 0 Å². The van der Waals surface area contributed by atoms with Gasteiger partial charge in [0.2, 0.25) is 0 Å². The van der Waals surface area contributed by atoms with Gasteiger partial charge in [-0.25, -0.2) is 0 Å². The minimum atomic E-state index is -4.21. The van der Waals surface area contributed by atoms with Crippen molar-refractivity contribution >= 4 is 55.7 Å². The molecule has 1 N–H and O–H groups in total. The maximum absolute atomic E-state index is 11.0. The lowest BCUT2D eigenvalue weighted by atomic mass is 10.1. The molecule has 0 aliphatic rings. The van der Waals surface area contributed by atoms with E-state index in [1.54, 1.807) is 24.3 Å². The van der Waals surface area contributed by atoms with E-state index in [1.165, 1.54) is 0 Å². The Morgan fingerprint density at radius 3 is 2.06 bits per heavy atom. The van der Waals surface area contributed by atoms with Crippen molar-refractivity contribution in [2.24, 2.45) is 0 Å². The Hall–Kier alpha value is -0.520. The van der Waals surface area contributed by atoms with Gasteiger partial charge in [0, 0.05) is 5.39 Å². The summed E-state index contributed by atoms with van der Waals surface area (Å²) < 4.78 is 31.0. The van der Waals surface area contributed by atoms with E-state index in [4.69, 9.17) is 39.4 Å². The molecule has 0 aromatic heterocycles. The molecule has 2 aromatic rings. The zero-order chi connectivity index (χ0) is 13.5. The predicted molar refractivity (Wildman–Crippen MR) is 74.2 cm³/mol. The van der Waals surface area contributed by atoms with Gasteiger partial charge in [-0.2, -0.15) is 8.42 Å². The molecule has 0 fully saturated rings. The Balaban J connectivity index is 2.87. The van der Waals surface area contributed by atoms with Crippen LogP contribution in [-0.4, -0.2) is 13.0 Å². The predicted octanol–water partition coefficient (Wildman–Crippen LogP) is 4.19. The summed E-state index contributed by atoms with van der Waals surface area (Å²) in [5.74, 6) is -0.608. The van der Waals surface area contributed by atoms with Crippen LogP contribution >= 0.6 is 34.8 Å². The second-order valence-corrected chi connectivity index (χ2v) is 6.28. The largest absolute Gasteiger partial charge is 0.285 e. The molecule has 0 atom stereocenters. The lowest BCUT2D eigenvalue weighted by molar-refractivity contribution is 0.482. The van der Waals surface area contributed by atoms with Crippen molar-refractivity contribution in [1.82, 2.24) is 0 Å². The molecule has 2 aromatic carbocycles. The van der Waals surface area contributed by atoms with E-state index in [-0.39, 0.29) is 20.6 Å². The molecular weight excluding hydrogens is 319 g/mol. The van der Waals surface area contributed by atoms with Gasteiger partial charge >= 0.3 is 0 Å². The molecule has 18 heavy (non-hydrogen) atoms. The van der Waals surface area contributed by atoms with Crippen molar-refractivity contribution in [1.29, 1.82) is 0 Å². The fourth-order valence-electron chi connectivity index (χ4n) is 1.73. The van der Waals surface area contributed by atoms with Crippen LogP contribution in [0.4, 0.5) is 0 Å². The Morgan fingerprint density at radius 2 is 1.50 bits per heavy atom. The highest BCUT2D eigenvalue weighted by Crippen LogP contribution is 2.40. The smallest absolute Gasteiger partial charge is 0.269 e. The summed E-state index contributed by atoms with van der Waals surface area (Å²) in [7, 11) is -4.21. The summed E-state index contributed by atoms with van der Waals surface area (Å²) in [4.78, 5) is 0. The van der Waals surface area contributed by atoms with Gasteiger partial charge in [-0.15, -0.1) is 0 Å². The first-order valence-corrected chi connectivity index (χ1v) is 7.55. The summed E-state index contributed by atoms with van der Waals surface area (Å²) in [5.41, 5.74) is 0.240. The Morgan fingerprint density at radius 1 is 0.944 bits per heavy atom. The molecule has 0 saturated heterocycles. The highest BCUT2D eigenvalue weighted by atomic mass is 35.5. The molecule has 0 aliphatic carbocycles. The number of benzene rings is 2. The molecule has 3 nitrogen and oxygen atoms in total. The van der Waals surface area contributed by atoms with Gasteiger partial charge in [-0.1, -0.05) is 59.1 Å². The second-order valence-electron chi connectivity index (χ2n) is 3.69. The Bertz CT molecular complexity index is 726. The minimum Gasteiger partial charge on any atom is -0.285 e. The topological polar surface area (TPSA) is 54.4 Å². The van der Waals surface area contributed by atoms with Crippen LogP contribution < -0.4 is 0 Å². The van der Waals surface area contributed by atoms with Crippen molar-refractivity contribution in [2.45, 2.75) is 5.75 Å². The highest BCUT2D eigenvalue weighted by molar-refractivity contribution is 7.85. The minimum absolute atomic E-state index is 0.0398. The first-order chi connectivity index (χ1) is 8.31. The summed E-state index contributed by atoms with van der Waals surface area (Å²) in [6.07, 6.45) is 0. The summed E-state index contributed by atoms with van der Waals surface area (Å²) >= 11 is 18.0. The quantitative estimate of drug-likeness (QED) is 0.665. The maximum atomic E-state index is 11.0. The zero-order valence-electron chi connectivity index (χ0n) is 8.82. The lowest BCUT2D eigenvalue weighted by Crippen LogP contribution is -2.03. The average molecular weight is 326 g/mol. The van der Waals surface area contributed by atoms with Crippen LogP contribution in [0.15, 0.2) is 24.3 Å². The van der Waals surface area contributed by atoms with Gasteiger partial charge in [0.15, 0.2) is 0 Å². The van der Waals surface area contributed by atoms with Crippen molar-refractivity contribution < 1.29 is 13.0 Å². The second kappa shape index (κ2) is 4.87. The SMILES string of the molecule is O=S(=O)(O)Cc1c(Cl)c(Cl)c(Cl)c2ccccc12. The molecule has 96 valence electrons. The third-order valence-corrected chi connectivity index (χ3v) is 4.50. The van der Waals surface area contributed by atoms with E-state index >= 15 is 0 Å². The van der Waals surface area contributed by atoms with Crippen LogP contribution in [0.2, 0.25) is 15.1 Å². The molecule has 0 spiro atoms. The number of halogens is 3. The Kier molecular flexibility index (Phi) is 3.76. The first kappa shape index (κ1) is 13.9. The molecule has 0 aliphatic heterocycles. The number of hydrogen-bond donors (Lipinski definition) is 1. The molecule has 0 amide bonds. The number of fused-ring (bicyclic) bond motifs is 1. The third-order valence-electron chi connectivity index (χ3n) is 2.47. The van der Waals surface area contributed by atoms with Crippen molar-refractivity contribution in [2.75, 3.05) is 0 Å². The van der Waals surface area contributed by atoms with Gasteiger partial charge in [0.05, 0.1) is 15.1 Å². The summed E-state index contributed by atoms with van der Waals surface area (Å²) in [6, 6.07) is 6.84. The van der Waals surface area contributed by atoms with Gasteiger partial charge < -0.3 is 0 Å². The van der Waals surface area contributed by atoms with Crippen molar-refractivity contribution in [3.8, 4) is 0 Å². The van der Waals surface area contributed by atoms with E-state index in [2.05, 4.69) is 0 Å². The van der Waals surface area contributed by atoms with Crippen LogP contribution in [0.3, 0.4) is 0 Å². The molecule has 0 radical (unpaired) electrons. The molecule has 0 heterocycles. The van der Waals surface area contributed by atoms with E-state index in [1.807, 2.05) is 0 Å². The lowest BCUT2D eigenvalue weighted by Gasteiger charge is -2.11. The molecule has 0 bridgehead atoms. The average Bonchev–Trinajstić information content (AvgIpc) is 2.31. The zero-order valence-corrected chi connectivity index (χ0v) is 11.9. The summed E-state index contributed by atoms with van der Waals surface area (Å²) in [6.45, 7) is 0. The van der Waals surface area contributed by atoms with Gasteiger partial charge in [0.25, 0.3) is 10.1 Å². The molecule has 0 unspecified atom stereocenters. The molecule has 7 heteroatoms. The van der Waals surface area contributed by atoms with Gasteiger partial charge in [-0.05, 0) is 10.9 Å². The van der Waals surface area contributed by atoms with Crippen molar-refractivity contribution in [3.05, 3.63) is 44.9 Å². The van der Waals surface area contributed by atoms with Gasteiger partial charge in [0.1, 0.15) is 5.75 Å². The number of hydrogen-bond acceptors (Lipinski definition) is 2.